The third kappa shape index (κ3) is 59.9. The Kier molecular flexibility index (Phi) is 59.2. The lowest BCUT2D eigenvalue weighted by Crippen LogP contribution is -2.30. The summed E-state index contributed by atoms with van der Waals surface area (Å²) in [6, 6.07) is 0. The first-order chi connectivity index (χ1) is 36.0. The first-order valence-electron chi connectivity index (χ1n) is 31.8. The molecule has 0 fully saturated rings. The molecule has 0 aliphatic carbocycles. The molecule has 1 unspecified atom stereocenters. The van der Waals surface area contributed by atoms with E-state index in [9.17, 15) is 14.4 Å². The van der Waals surface area contributed by atoms with Crippen molar-refractivity contribution < 1.29 is 28.6 Å². The van der Waals surface area contributed by atoms with Gasteiger partial charge >= 0.3 is 17.9 Å². The van der Waals surface area contributed by atoms with Crippen molar-refractivity contribution in [3.63, 3.8) is 0 Å². The summed E-state index contributed by atoms with van der Waals surface area (Å²) in [4.78, 5) is 38.0. The average Bonchev–Trinajstić information content (AvgIpc) is 3.39. The monoisotopic (exact) mass is 1020 g/mol. The topological polar surface area (TPSA) is 78.9 Å². The van der Waals surface area contributed by atoms with Crippen LogP contribution in [-0.4, -0.2) is 37.2 Å². The van der Waals surface area contributed by atoms with E-state index in [0.717, 1.165) is 96.3 Å². The van der Waals surface area contributed by atoms with Gasteiger partial charge < -0.3 is 14.2 Å². The number of carbonyl (C=O) groups excluding carboxylic acids is 3. The molecule has 0 aromatic heterocycles. The molecule has 424 valence electrons. The zero-order valence-electron chi connectivity index (χ0n) is 48.7. The van der Waals surface area contributed by atoms with Crippen molar-refractivity contribution in [2.45, 2.75) is 335 Å². The molecule has 0 aliphatic heterocycles. The Labute approximate surface area is 453 Å². The van der Waals surface area contributed by atoms with Crippen LogP contribution in [0.25, 0.3) is 0 Å². The van der Waals surface area contributed by atoms with E-state index in [1.54, 1.807) is 0 Å². The van der Waals surface area contributed by atoms with E-state index in [1.165, 1.54) is 193 Å². The summed E-state index contributed by atoms with van der Waals surface area (Å²) >= 11 is 0. The lowest BCUT2D eigenvalue weighted by Gasteiger charge is -2.18. The molecule has 0 radical (unpaired) electrons. The third-order valence-corrected chi connectivity index (χ3v) is 14.0. The van der Waals surface area contributed by atoms with E-state index in [0.29, 0.717) is 19.3 Å². The Bertz CT molecular complexity index is 1310. The zero-order valence-corrected chi connectivity index (χ0v) is 48.7. The number of rotatable bonds is 58. The lowest BCUT2D eigenvalue weighted by molar-refractivity contribution is -0.167. The predicted molar refractivity (Wildman–Crippen MR) is 316 cm³/mol. The van der Waals surface area contributed by atoms with E-state index in [1.807, 2.05) is 0 Å². The Balaban J connectivity index is 3.93. The van der Waals surface area contributed by atoms with Crippen LogP contribution in [0.1, 0.15) is 329 Å². The van der Waals surface area contributed by atoms with Crippen molar-refractivity contribution in [2.75, 3.05) is 13.2 Å². The van der Waals surface area contributed by atoms with Crippen LogP contribution in [-0.2, 0) is 28.6 Å². The van der Waals surface area contributed by atoms with Crippen LogP contribution < -0.4 is 0 Å². The molecule has 73 heavy (non-hydrogen) atoms. The Morgan fingerprint density at radius 3 is 0.890 bits per heavy atom. The standard InChI is InChI=1S/C67H120O6/c1-4-7-10-13-16-19-21-22-23-24-25-26-27-28-29-30-31-32-33-34-35-36-37-38-39-40-41-42-43-44-46-48-51-54-57-60-66(69)72-63-64(62-71-65(68)59-56-53-50-47-18-15-12-9-6-3)73-67(70)61-58-55-52-49-45-20-17-14-11-8-5-2/h7,10,14,16-17,19,22-23,25-26,64H,4-6,8-9,11-13,15,18,20-21,24,27-63H2,1-3H3/b10-7-,17-14-,19-16-,23-22-,26-25-. The van der Waals surface area contributed by atoms with Crippen LogP contribution in [0.2, 0.25) is 0 Å². The molecule has 0 spiro atoms. The highest BCUT2D eigenvalue weighted by atomic mass is 16.6. The van der Waals surface area contributed by atoms with Gasteiger partial charge in [-0.1, -0.05) is 293 Å². The summed E-state index contributed by atoms with van der Waals surface area (Å²) in [5.74, 6) is -0.870. The largest absolute Gasteiger partial charge is 0.462 e. The minimum atomic E-state index is -0.771. The van der Waals surface area contributed by atoms with Gasteiger partial charge in [0.2, 0.25) is 0 Å². The minimum Gasteiger partial charge on any atom is -0.462 e. The number of hydrogen-bond donors (Lipinski definition) is 0. The summed E-state index contributed by atoms with van der Waals surface area (Å²) in [7, 11) is 0. The van der Waals surface area contributed by atoms with Gasteiger partial charge in [0.05, 0.1) is 0 Å². The van der Waals surface area contributed by atoms with Crippen molar-refractivity contribution in [3.05, 3.63) is 60.8 Å². The minimum absolute atomic E-state index is 0.0719. The zero-order chi connectivity index (χ0) is 52.9. The summed E-state index contributed by atoms with van der Waals surface area (Å²) in [6.07, 6.45) is 78.4. The Morgan fingerprint density at radius 1 is 0.288 bits per heavy atom. The smallest absolute Gasteiger partial charge is 0.306 e. The molecule has 6 nitrogen and oxygen atoms in total. The summed E-state index contributed by atoms with van der Waals surface area (Å²) in [5.41, 5.74) is 0. The van der Waals surface area contributed by atoms with Crippen LogP contribution in [0, 0.1) is 0 Å². The van der Waals surface area contributed by atoms with Crippen LogP contribution in [0.3, 0.4) is 0 Å². The van der Waals surface area contributed by atoms with E-state index < -0.39 is 6.10 Å². The maximum Gasteiger partial charge on any atom is 0.306 e. The normalized spacial score (nSPS) is 12.4. The van der Waals surface area contributed by atoms with Gasteiger partial charge in [-0.2, -0.15) is 0 Å². The molecule has 1 atom stereocenters. The third-order valence-electron chi connectivity index (χ3n) is 14.0. The van der Waals surface area contributed by atoms with Crippen LogP contribution in [0.5, 0.6) is 0 Å². The number of esters is 3. The number of unbranched alkanes of at least 4 members (excludes halogenated alkanes) is 37. The number of carbonyl (C=O) groups is 3. The highest BCUT2D eigenvalue weighted by Crippen LogP contribution is 2.17. The fraction of sp³-hybridized carbons (Fsp3) is 0.806. The van der Waals surface area contributed by atoms with Crippen LogP contribution in [0.15, 0.2) is 60.8 Å². The van der Waals surface area contributed by atoms with Gasteiger partial charge in [0.25, 0.3) is 0 Å². The van der Waals surface area contributed by atoms with Gasteiger partial charge in [0, 0.05) is 19.3 Å². The van der Waals surface area contributed by atoms with Gasteiger partial charge in [0.15, 0.2) is 6.10 Å². The first-order valence-corrected chi connectivity index (χ1v) is 31.8. The van der Waals surface area contributed by atoms with Crippen molar-refractivity contribution in [2.24, 2.45) is 0 Å². The fourth-order valence-corrected chi connectivity index (χ4v) is 9.24. The lowest BCUT2D eigenvalue weighted by atomic mass is 10.0. The van der Waals surface area contributed by atoms with Crippen molar-refractivity contribution in [1.82, 2.24) is 0 Å². The van der Waals surface area contributed by atoms with Gasteiger partial charge in [-0.25, -0.2) is 0 Å². The summed E-state index contributed by atoms with van der Waals surface area (Å²) in [6.45, 7) is 6.49. The molecular weight excluding hydrogens is 901 g/mol. The van der Waals surface area contributed by atoms with Gasteiger partial charge in [0.1, 0.15) is 13.2 Å². The summed E-state index contributed by atoms with van der Waals surface area (Å²) in [5, 5.41) is 0. The molecule has 0 amide bonds. The van der Waals surface area contributed by atoms with Crippen molar-refractivity contribution >= 4 is 17.9 Å². The van der Waals surface area contributed by atoms with Gasteiger partial charge in [-0.3, -0.25) is 14.4 Å². The number of hydrogen-bond acceptors (Lipinski definition) is 6. The second-order valence-electron chi connectivity index (χ2n) is 21.3. The molecule has 0 heterocycles. The molecule has 0 bridgehead atoms. The molecule has 6 heteroatoms. The maximum atomic E-state index is 12.8. The van der Waals surface area contributed by atoms with Gasteiger partial charge in [-0.05, 0) is 77.0 Å². The number of allylic oxidation sites excluding steroid dienone is 10. The molecule has 0 aliphatic rings. The molecule has 0 saturated heterocycles. The second-order valence-corrected chi connectivity index (χ2v) is 21.3. The SMILES string of the molecule is CC/C=C\C/C=C\C/C=C\C/C=C\CCCCCCCCCCCCCCCCCCCCCCCCC(=O)OCC(COC(=O)CCCCCCCCCCC)OC(=O)CCCCCCC/C=C\CCCC. The molecule has 0 aromatic carbocycles. The maximum absolute atomic E-state index is 12.8. The molecular formula is C67H120O6. The van der Waals surface area contributed by atoms with E-state index in [4.69, 9.17) is 14.2 Å². The van der Waals surface area contributed by atoms with Gasteiger partial charge in [-0.15, -0.1) is 0 Å². The molecule has 0 saturated carbocycles. The number of ether oxygens (including phenoxy) is 3. The van der Waals surface area contributed by atoms with Crippen LogP contribution >= 0.6 is 0 Å². The van der Waals surface area contributed by atoms with Crippen LogP contribution in [0.4, 0.5) is 0 Å². The summed E-state index contributed by atoms with van der Waals surface area (Å²) < 4.78 is 16.8. The second kappa shape index (κ2) is 61.7. The van der Waals surface area contributed by atoms with E-state index >= 15 is 0 Å². The van der Waals surface area contributed by atoms with E-state index in [2.05, 4.69) is 81.5 Å². The molecule has 0 rings (SSSR count). The highest BCUT2D eigenvalue weighted by Gasteiger charge is 2.19. The van der Waals surface area contributed by atoms with E-state index in [-0.39, 0.29) is 31.1 Å². The quantitative estimate of drug-likeness (QED) is 0.0261. The molecule has 0 aromatic rings. The fourth-order valence-electron chi connectivity index (χ4n) is 9.24. The predicted octanol–water partition coefficient (Wildman–Crippen LogP) is 21.6. The Hall–Kier alpha value is -2.89. The van der Waals surface area contributed by atoms with Crippen molar-refractivity contribution in [1.29, 1.82) is 0 Å². The average molecular weight is 1020 g/mol. The first kappa shape index (κ1) is 70.1. The highest BCUT2D eigenvalue weighted by molar-refractivity contribution is 5.71. The van der Waals surface area contributed by atoms with Crippen molar-refractivity contribution in [3.8, 4) is 0 Å². The molecule has 0 N–H and O–H groups in total. The Morgan fingerprint density at radius 2 is 0.548 bits per heavy atom.